The summed E-state index contributed by atoms with van der Waals surface area (Å²) < 4.78 is 11.6. The molecule has 0 saturated carbocycles. The number of hydrogen-bond acceptors (Lipinski definition) is 4. The SMILES string of the molecule is CCOC(Cc1ccc(OCCN(C)C2c3ccc(C(C)c4ccccc4)cc3CCc3ccc(C(C)c4ccccc4)cc32)cc1)C(=O)O. The Kier molecular flexibility index (Phi) is 11.5. The quantitative estimate of drug-likeness (QED) is 0.128. The maximum Gasteiger partial charge on any atom is 0.333 e. The second-order valence-electron chi connectivity index (χ2n) is 13.5. The van der Waals surface area contributed by atoms with Crippen LogP contribution in [-0.4, -0.2) is 48.9 Å². The van der Waals surface area contributed by atoms with Gasteiger partial charge in [0.1, 0.15) is 12.4 Å². The van der Waals surface area contributed by atoms with Gasteiger partial charge in [0, 0.05) is 31.4 Å². The number of likely N-dealkylation sites (N-methyl/N-ethyl adjacent to an activating group) is 1. The van der Waals surface area contributed by atoms with Crippen LogP contribution in [-0.2, 0) is 28.8 Å². The largest absolute Gasteiger partial charge is 0.492 e. The Morgan fingerprint density at radius 2 is 1.34 bits per heavy atom. The number of carbonyl (C=O) groups is 1. The van der Waals surface area contributed by atoms with Gasteiger partial charge in [0.2, 0.25) is 0 Å². The van der Waals surface area contributed by atoms with E-state index in [1.807, 2.05) is 31.2 Å². The third kappa shape index (κ3) is 8.18. The van der Waals surface area contributed by atoms with Gasteiger partial charge in [-0.3, -0.25) is 4.90 Å². The molecule has 0 saturated heterocycles. The van der Waals surface area contributed by atoms with Gasteiger partial charge in [-0.1, -0.05) is 123 Å². The van der Waals surface area contributed by atoms with Gasteiger partial charge < -0.3 is 14.6 Å². The number of aliphatic carboxylic acids is 1. The number of fused-ring (bicyclic) bond motifs is 2. The number of rotatable bonds is 14. The highest BCUT2D eigenvalue weighted by atomic mass is 16.5. The summed E-state index contributed by atoms with van der Waals surface area (Å²) in [6.45, 7) is 8.04. The smallest absolute Gasteiger partial charge is 0.333 e. The van der Waals surface area contributed by atoms with Crippen molar-refractivity contribution in [3.05, 3.63) is 171 Å². The van der Waals surface area contributed by atoms with Crippen molar-refractivity contribution in [3.8, 4) is 5.75 Å². The summed E-state index contributed by atoms with van der Waals surface area (Å²) >= 11 is 0. The van der Waals surface area contributed by atoms with Crippen LogP contribution in [0, 0.1) is 0 Å². The van der Waals surface area contributed by atoms with Gasteiger partial charge in [-0.15, -0.1) is 0 Å². The van der Waals surface area contributed by atoms with Crippen molar-refractivity contribution in [2.75, 3.05) is 26.8 Å². The zero-order valence-corrected chi connectivity index (χ0v) is 29.7. The Labute approximate surface area is 297 Å². The summed E-state index contributed by atoms with van der Waals surface area (Å²) in [5, 5.41) is 9.46. The summed E-state index contributed by atoms with van der Waals surface area (Å²) in [4.78, 5) is 14.0. The van der Waals surface area contributed by atoms with Crippen LogP contribution in [0.1, 0.15) is 88.7 Å². The Balaban J connectivity index is 1.25. The van der Waals surface area contributed by atoms with Crippen molar-refractivity contribution in [2.24, 2.45) is 0 Å². The highest BCUT2D eigenvalue weighted by molar-refractivity contribution is 5.72. The number of ether oxygens (including phenoxy) is 2. The van der Waals surface area contributed by atoms with Crippen molar-refractivity contribution in [3.63, 3.8) is 0 Å². The number of nitrogens with zero attached hydrogens (tertiary/aromatic N) is 1. The molecule has 0 radical (unpaired) electrons. The van der Waals surface area contributed by atoms with Crippen LogP contribution in [0.3, 0.4) is 0 Å². The van der Waals surface area contributed by atoms with Gasteiger partial charge in [0.05, 0.1) is 6.04 Å². The van der Waals surface area contributed by atoms with Gasteiger partial charge in [-0.2, -0.15) is 0 Å². The molecule has 4 unspecified atom stereocenters. The summed E-state index contributed by atoms with van der Waals surface area (Å²) in [6, 6.07) is 43.6. The first-order valence-corrected chi connectivity index (χ1v) is 17.9. The van der Waals surface area contributed by atoms with E-state index < -0.39 is 12.1 Å². The number of hydrogen-bond donors (Lipinski definition) is 1. The lowest BCUT2D eigenvalue weighted by Gasteiger charge is -2.31. The molecule has 258 valence electrons. The zero-order valence-electron chi connectivity index (χ0n) is 29.7. The molecule has 0 aromatic heterocycles. The van der Waals surface area contributed by atoms with Crippen LogP contribution in [0.2, 0.25) is 0 Å². The van der Waals surface area contributed by atoms with E-state index in [0.29, 0.717) is 25.6 Å². The lowest BCUT2D eigenvalue weighted by molar-refractivity contribution is -0.149. The first-order valence-electron chi connectivity index (χ1n) is 17.9. The van der Waals surface area contributed by atoms with Crippen LogP contribution in [0.15, 0.2) is 121 Å². The predicted octanol–water partition coefficient (Wildman–Crippen LogP) is 9.22. The molecule has 0 bridgehead atoms. The minimum Gasteiger partial charge on any atom is -0.492 e. The third-order valence-electron chi connectivity index (χ3n) is 10.3. The second-order valence-corrected chi connectivity index (χ2v) is 13.5. The molecule has 0 heterocycles. The van der Waals surface area contributed by atoms with Crippen molar-refractivity contribution in [1.82, 2.24) is 4.90 Å². The average Bonchev–Trinajstić information content (AvgIpc) is 3.31. The standard InChI is InChI=1S/C45H49NO4/c1-5-49-43(45(47)48)28-33-16-23-40(24-17-33)50-27-26-46(4)44-41-25-22-37(31(2)34-12-8-6-9-13-34)29-39(41)21-19-36-18-20-38(30-42(36)44)32(3)35-14-10-7-11-15-35/h6-18,20,22-25,29-32,43-44H,5,19,21,26-28H2,1-4H3,(H,47,48). The van der Waals surface area contributed by atoms with E-state index in [1.165, 1.54) is 44.5 Å². The lowest BCUT2D eigenvalue weighted by Crippen LogP contribution is -2.30. The Morgan fingerprint density at radius 3 is 1.96 bits per heavy atom. The molecule has 4 atom stereocenters. The molecule has 5 nitrogen and oxygen atoms in total. The monoisotopic (exact) mass is 667 g/mol. The summed E-state index contributed by atoms with van der Waals surface area (Å²) in [5.74, 6) is 0.427. The molecule has 1 N–H and O–H groups in total. The number of benzene rings is 5. The fourth-order valence-corrected chi connectivity index (χ4v) is 7.31. The van der Waals surface area contributed by atoms with Crippen LogP contribution in [0.25, 0.3) is 0 Å². The molecule has 50 heavy (non-hydrogen) atoms. The van der Waals surface area contributed by atoms with E-state index in [2.05, 4.69) is 123 Å². The number of carboxylic acids is 1. The highest BCUT2D eigenvalue weighted by Crippen LogP contribution is 2.40. The van der Waals surface area contributed by atoms with Gasteiger partial charge in [-0.25, -0.2) is 4.79 Å². The van der Waals surface area contributed by atoms with Crippen LogP contribution < -0.4 is 4.74 Å². The summed E-state index contributed by atoms with van der Waals surface area (Å²) in [5.41, 5.74) is 11.8. The molecule has 5 heteroatoms. The number of aryl methyl sites for hydroxylation is 2. The topological polar surface area (TPSA) is 59.0 Å². The summed E-state index contributed by atoms with van der Waals surface area (Å²) in [6.07, 6.45) is 1.48. The van der Waals surface area contributed by atoms with Gasteiger partial charge in [0.25, 0.3) is 0 Å². The maximum absolute atomic E-state index is 11.5. The maximum atomic E-state index is 11.5. The fourth-order valence-electron chi connectivity index (χ4n) is 7.31. The fraction of sp³-hybridized carbons (Fsp3) is 0.311. The minimum atomic E-state index is -0.944. The zero-order chi connectivity index (χ0) is 35.0. The van der Waals surface area contributed by atoms with Crippen LogP contribution in [0.4, 0.5) is 0 Å². The molecule has 0 spiro atoms. The third-order valence-corrected chi connectivity index (χ3v) is 10.3. The Bertz CT molecular complexity index is 1850. The molecule has 6 rings (SSSR count). The molecule has 0 fully saturated rings. The first-order chi connectivity index (χ1) is 24.3. The van der Waals surface area contributed by atoms with E-state index in [-0.39, 0.29) is 12.0 Å². The van der Waals surface area contributed by atoms with Crippen LogP contribution >= 0.6 is 0 Å². The molecule has 0 amide bonds. The molecular formula is C45H49NO4. The number of carboxylic acid groups (broad SMARTS) is 1. The van der Waals surface area contributed by atoms with E-state index in [0.717, 1.165) is 30.7 Å². The Morgan fingerprint density at radius 1 is 0.740 bits per heavy atom. The van der Waals surface area contributed by atoms with Gasteiger partial charge >= 0.3 is 5.97 Å². The first kappa shape index (κ1) is 35.1. The molecule has 0 aliphatic heterocycles. The molecule has 5 aromatic carbocycles. The molecule has 5 aromatic rings. The molecule has 1 aliphatic rings. The normalized spacial score (nSPS) is 15.7. The highest BCUT2D eigenvalue weighted by Gasteiger charge is 2.29. The van der Waals surface area contributed by atoms with Crippen molar-refractivity contribution < 1.29 is 19.4 Å². The van der Waals surface area contributed by atoms with E-state index >= 15 is 0 Å². The second kappa shape index (κ2) is 16.3. The lowest BCUT2D eigenvalue weighted by atomic mass is 9.86. The van der Waals surface area contributed by atoms with Crippen molar-refractivity contribution >= 4 is 5.97 Å². The van der Waals surface area contributed by atoms with Gasteiger partial charge in [0.15, 0.2) is 6.10 Å². The van der Waals surface area contributed by atoms with Crippen molar-refractivity contribution in [1.29, 1.82) is 0 Å². The minimum absolute atomic E-state index is 0.0870. The summed E-state index contributed by atoms with van der Waals surface area (Å²) in [7, 11) is 2.21. The average molecular weight is 668 g/mol. The van der Waals surface area contributed by atoms with Gasteiger partial charge in [-0.05, 0) is 89.0 Å². The molecule has 1 aliphatic carbocycles. The van der Waals surface area contributed by atoms with E-state index in [4.69, 9.17) is 9.47 Å². The Hall–Kier alpha value is -4.71. The van der Waals surface area contributed by atoms with E-state index in [9.17, 15) is 9.90 Å². The molecular weight excluding hydrogens is 618 g/mol. The predicted molar refractivity (Wildman–Crippen MR) is 201 cm³/mol. The van der Waals surface area contributed by atoms with Crippen molar-refractivity contribution in [2.45, 2.75) is 64.0 Å². The van der Waals surface area contributed by atoms with Crippen LogP contribution in [0.5, 0.6) is 5.75 Å². The van der Waals surface area contributed by atoms with E-state index in [1.54, 1.807) is 0 Å².